The first-order chi connectivity index (χ1) is 26.0. The Balaban J connectivity index is 1.60. The smallest absolute Gasteiger partial charge is 0.429 e. The van der Waals surface area contributed by atoms with Gasteiger partial charge in [-0.3, -0.25) is 29.8 Å². The number of hydrogen-bond acceptors (Lipinski definition) is 17. The minimum absolute atomic E-state index is 0.0000147. The standard InChI is InChI=1S/C28H35N12O10PS4/c1-3-50-37-18(20-35-27(55-39-20)38-51(47,48)49)21(41)33-19(22(42)36-26(30)31-8-4-5-14(29)24(43)44)23-34-17(25(45)46)16(12-52-23)54-28-32-15(11-53-28)13-6-9-40(2)10-7-13/h6-7,9-11,14,19,23,34H,3-5,8,12,29H2,1-2H3,(H8-,30,31,33,35,36,38,39,41,42,43,44,45,46,47,48,49)/p+1/b37-18-/t14-,19+,23+/m0/s1. The molecule has 0 aromatic carbocycles. The molecule has 2 amide bonds. The normalized spacial score (nSPS) is 16.1. The summed E-state index contributed by atoms with van der Waals surface area (Å²) in [5, 5.41) is 32.8. The molecule has 4 rings (SSSR count). The van der Waals surface area contributed by atoms with Crippen LogP contribution in [0.5, 0.6) is 0 Å². The van der Waals surface area contributed by atoms with Crippen molar-refractivity contribution in [3.63, 3.8) is 0 Å². The van der Waals surface area contributed by atoms with E-state index in [-0.39, 0.29) is 48.5 Å². The van der Waals surface area contributed by atoms with Crippen LogP contribution in [0.25, 0.3) is 11.3 Å². The lowest BCUT2D eigenvalue weighted by Gasteiger charge is -2.32. The predicted molar refractivity (Wildman–Crippen MR) is 204 cm³/mol. The molecule has 0 saturated carbocycles. The van der Waals surface area contributed by atoms with Crippen LogP contribution >= 0.6 is 54.1 Å². The third kappa shape index (κ3) is 13.0. The number of amides is 2. The van der Waals surface area contributed by atoms with Gasteiger partial charge < -0.3 is 46.9 Å². The zero-order valence-electron chi connectivity index (χ0n) is 28.8. The van der Waals surface area contributed by atoms with Crippen molar-refractivity contribution in [3.05, 3.63) is 46.3 Å². The van der Waals surface area contributed by atoms with E-state index in [2.05, 4.69) is 40.4 Å². The van der Waals surface area contributed by atoms with E-state index in [1.54, 1.807) is 6.92 Å². The highest BCUT2D eigenvalue weighted by Gasteiger charge is 2.38. The first-order valence-electron chi connectivity index (χ1n) is 15.8. The minimum atomic E-state index is -4.78. The Labute approximate surface area is 328 Å². The van der Waals surface area contributed by atoms with E-state index < -0.39 is 60.5 Å². The van der Waals surface area contributed by atoms with Gasteiger partial charge in [-0.05, 0) is 19.8 Å². The Bertz CT molecular complexity index is 2020. The average molecular weight is 860 g/mol. The van der Waals surface area contributed by atoms with Crippen LogP contribution in [0, 0.1) is 0 Å². The lowest BCUT2D eigenvalue weighted by Crippen LogP contribution is -2.60. The van der Waals surface area contributed by atoms with Gasteiger partial charge in [-0.25, -0.2) is 18.9 Å². The first-order valence-corrected chi connectivity index (χ1v) is 20.9. The van der Waals surface area contributed by atoms with E-state index in [4.69, 9.17) is 21.4 Å². The fraction of sp³-hybridized carbons (Fsp3) is 0.357. The number of carbonyl (C=O) groups is 4. The predicted octanol–water partition coefficient (Wildman–Crippen LogP) is -0.410. The Kier molecular flexibility index (Phi) is 15.5. The molecule has 0 aliphatic carbocycles. The van der Waals surface area contributed by atoms with Gasteiger partial charge in [0.05, 0.1) is 5.69 Å². The molecule has 1 aliphatic heterocycles. The first kappa shape index (κ1) is 43.0. The summed E-state index contributed by atoms with van der Waals surface area (Å²) in [6.07, 6.45) is 4.05. The second kappa shape index (κ2) is 19.8. The molecule has 296 valence electrons. The molecule has 0 fully saturated rings. The van der Waals surface area contributed by atoms with E-state index >= 15 is 0 Å². The maximum Gasteiger partial charge on any atom is 0.429 e. The third-order valence-electron chi connectivity index (χ3n) is 6.92. The number of nitrogens with one attached hydrogen (secondary N) is 4. The van der Waals surface area contributed by atoms with Crippen LogP contribution in [-0.2, 0) is 35.6 Å². The van der Waals surface area contributed by atoms with Crippen molar-refractivity contribution in [1.29, 1.82) is 0 Å². The second-order valence-corrected chi connectivity index (χ2v) is 16.5. The number of anilines is 1. The van der Waals surface area contributed by atoms with Gasteiger partial charge in [0.25, 0.3) is 11.8 Å². The molecule has 22 nitrogen and oxygen atoms in total. The largest absolute Gasteiger partial charge is 0.480 e. The molecule has 0 unspecified atom stereocenters. The van der Waals surface area contributed by atoms with Gasteiger partial charge in [-0.1, -0.05) is 16.9 Å². The van der Waals surface area contributed by atoms with E-state index in [0.717, 1.165) is 29.1 Å². The van der Waals surface area contributed by atoms with Crippen LogP contribution in [0.4, 0.5) is 5.13 Å². The maximum absolute atomic E-state index is 13.7. The Morgan fingerprint density at radius 1 is 1.22 bits per heavy atom. The lowest BCUT2D eigenvalue weighted by molar-refractivity contribution is -0.671. The number of thiazole rings is 1. The van der Waals surface area contributed by atoms with Gasteiger partial charge in [0, 0.05) is 51.8 Å². The number of carbonyl (C=O) groups excluding carboxylic acids is 2. The van der Waals surface area contributed by atoms with E-state index in [0.29, 0.717) is 26.5 Å². The number of oxime groups is 1. The van der Waals surface area contributed by atoms with Crippen LogP contribution < -0.4 is 37.1 Å². The van der Waals surface area contributed by atoms with E-state index in [1.165, 1.54) is 11.3 Å². The van der Waals surface area contributed by atoms with Gasteiger partial charge in [0.15, 0.2) is 22.7 Å². The maximum atomic E-state index is 13.7. The van der Waals surface area contributed by atoms with Crippen molar-refractivity contribution in [3.8, 4) is 11.3 Å². The van der Waals surface area contributed by atoms with Crippen LogP contribution in [0.15, 0.2) is 55.0 Å². The highest BCUT2D eigenvalue weighted by Crippen LogP contribution is 2.39. The molecule has 0 bridgehead atoms. The summed E-state index contributed by atoms with van der Waals surface area (Å²) in [4.78, 5) is 87.5. The monoisotopic (exact) mass is 859 g/mol. The van der Waals surface area contributed by atoms with Crippen LogP contribution in [-0.4, -0.2) is 106 Å². The van der Waals surface area contributed by atoms with Gasteiger partial charge >= 0.3 is 19.7 Å². The topological polar surface area (TPSA) is 343 Å². The molecule has 3 aromatic rings. The molecule has 27 heteroatoms. The van der Waals surface area contributed by atoms with Gasteiger partial charge in [0.1, 0.15) is 36.8 Å². The number of guanidine groups is 1. The highest BCUT2D eigenvalue weighted by atomic mass is 32.2. The molecule has 3 aromatic heterocycles. The molecule has 12 N–H and O–H groups in total. The lowest BCUT2D eigenvalue weighted by atomic mass is 10.2. The number of carboxylic acid groups (broad SMARTS) is 2. The number of rotatable bonds is 18. The summed E-state index contributed by atoms with van der Waals surface area (Å²) in [6.45, 7) is 1.55. The zero-order chi connectivity index (χ0) is 40.3. The molecular formula is C28H36N12O10PS4+. The SMILES string of the molecule is CCO/N=C(\C(=O)N[C@H](C(=O)NC(N)=NCCC[C@H](N)C(=O)O)[C@@H]1NC(C(=O)O)=C(Sc2nc(-c3cc[n+](C)cc3)cs2)CS1)c1nsc(NP(=O)(O)O)n1. The fourth-order valence-electron chi connectivity index (χ4n) is 4.33. The van der Waals surface area contributed by atoms with Crippen molar-refractivity contribution < 1.29 is 53.1 Å². The van der Waals surface area contributed by atoms with Crippen molar-refractivity contribution in [2.24, 2.45) is 28.7 Å². The molecule has 0 spiro atoms. The summed E-state index contributed by atoms with van der Waals surface area (Å²) < 4.78 is 17.8. The minimum Gasteiger partial charge on any atom is -0.480 e. The van der Waals surface area contributed by atoms with Crippen molar-refractivity contribution in [2.45, 2.75) is 41.6 Å². The quantitative estimate of drug-likeness (QED) is 0.0194. The molecule has 4 heterocycles. The second-order valence-electron chi connectivity index (χ2n) is 11.1. The van der Waals surface area contributed by atoms with Crippen molar-refractivity contribution in [2.75, 3.05) is 24.0 Å². The molecule has 3 atom stereocenters. The van der Waals surface area contributed by atoms with Crippen LogP contribution in [0.1, 0.15) is 25.6 Å². The summed E-state index contributed by atoms with van der Waals surface area (Å²) >= 11 is 4.04. The van der Waals surface area contributed by atoms with Gasteiger partial charge in [-0.2, -0.15) is 9.36 Å². The van der Waals surface area contributed by atoms with Gasteiger partial charge in [-0.15, -0.1) is 23.1 Å². The van der Waals surface area contributed by atoms with Crippen molar-refractivity contribution in [1.82, 2.24) is 30.3 Å². The number of nitrogens with two attached hydrogens (primary N) is 2. The number of aliphatic carboxylic acids is 2. The number of nitrogens with zero attached hydrogens (tertiary/aromatic N) is 6. The van der Waals surface area contributed by atoms with Crippen LogP contribution in [0.2, 0.25) is 0 Å². The number of pyridine rings is 1. The van der Waals surface area contributed by atoms with Gasteiger partial charge in [0.2, 0.25) is 16.7 Å². The molecular weight excluding hydrogens is 824 g/mol. The third-order valence-corrected chi connectivity index (χ3v) is 11.6. The number of aryl methyl sites for hydroxylation is 1. The Hall–Kier alpha value is -4.69. The fourth-order valence-corrected chi connectivity index (χ4v) is 8.87. The summed E-state index contributed by atoms with van der Waals surface area (Å²) in [7, 11) is -2.90. The van der Waals surface area contributed by atoms with Crippen LogP contribution in [0.3, 0.4) is 0 Å². The average Bonchev–Trinajstić information content (AvgIpc) is 3.78. The molecule has 1 aliphatic rings. The number of hydrogen-bond donors (Lipinski definition) is 10. The summed E-state index contributed by atoms with van der Waals surface area (Å²) in [5.74, 6) is -5.28. The van der Waals surface area contributed by atoms with E-state index in [1.807, 2.05) is 46.6 Å². The number of thioether (sulfide) groups is 2. The zero-order valence-corrected chi connectivity index (χ0v) is 33.0. The highest BCUT2D eigenvalue weighted by molar-refractivity contribution is 8.07. The molecule has 55 heavy (non-hydrogen) atoms. The molecule has 0 saturated heterocycles. The van der Waals surface area contributed by atoms with Crippen molar-refractivity contribution >= 4 is 94.7 Å². The molecule has 0 radical (unpaired) electrons. The van der Waals surface area contributed by atoms with E-state index in [9.17, 15) is 38.6 Å². The summed E-state index contributed by atoms with van der Waals surface area (Å²) in [5.41, 5.74) is 12.2. The summed E-state index contributed by atoms with van der Waals surface area (Å²) in [6, 6.07) is 1.09. The number of aromatic nitrogens is 4. The Morgan fingerprint density at radius 3 is 2.60 bits per heavy atom. The Morgan fingerprint density at radius 2 is 1.95 bits per heavy atom. The number of aliphatic imine (C=N–C) groups is 1. The number of carboxylic acids is 2.